The van der Waals surface area contributed by atoms with Gasteiger partial charge in [-0.15, -0.1) is 11.8 Å². The first-order valence-electron chi connectivity index (χ1n) is 9.38. The Morgan fingerprint density at radius 3 is 2.63 bits per heavy atom. The van der Waals surface area contributed by atoms with Crippen molar-refractivity contribution in [1.29, 1.82) is 0 Å². The molecule has 2 aliphatic rings. The summed E-state index contributed by atoms with van der Waals surface area (Å²) in [5.41, 5.74) is 5.66. The molecule has 8 atom stereocenters. The maximum Gasteiger partial charge on any atom is 0.212 e. The summed E-state index contributed by atoms with van der Waals surface area (Å²) in [5, 5.41) is 30.6. The third-order valence-electron chi connectivity index (χ3n) is 5.96. The zero-order valence-corrected chi connectivity index (χ0v) is 17.1. The van der Waals surface area contributed by atoms with Crippen molar-refractivity contribution in [3.05, 3.63) is 17.3 Å². The van der Waals surface area contributed by atoms with Gasteiger partial charge in [-0.2, -0.15) is 0 Å². The van der Waals surface area contributed by atoms with Gasteiger partial charge >= 0.3 is 0 Å². The first-order chi connectivity index (χ1) is 12.8. The SMILES string of the molecule is CS[C@H]1O[C@H](c2nc([C@@H]3CC([C@@H](C)CN)CN3C)oc2C)[C@H](O)[C@H](O)[C@H]1O. The lowest BCUT2D eigenvalue weighted by atomic mass is 9.92. The van der Waals surface area contributed by atoms with Crippen molar-refractivity contribution in [2.24, 2.45) is 17.6 Å². The Hall–Kier alpha value is -0.680. The summed E-state index contributed by atoms with van der Waals surface area (Å²) < 4.78 is 11.8. The van der Waals surface area contributed by atoms with Crippen molar-refractivity contribution >= 4 is 11.8 Å². The van der Waals surface area contributed by atoms with Gasteiger partial charge < -0.3 is 30.2 Å². The van der Waals surface area contributed by atoms with Crippen LogP contribution >= 0.6 is 11.8 Å². The lowest BCUT2D eigenvalue weighted by Crippen LogP contribution is -2.53. The second kappa shape index (κ2) is 8.36. The number of nitrogens with two attached hydrogens (primary N) is 1. The Morgan fingerprint density at radius 1 is 1.30 bits per heavy atom. The second-order valence-corrected chi connectivity index (χ2v) is 8.73. The van der Waals surface area contributed by atoms with E-state index in [0.717, 1.165) is 13.0 Å². The number of ether oxygens (including phenoxy) is 1. The molecule has 0 amide bonds. The van der Waals surface area contributed by atoms with E-state index in [4.69, 9.17) is 14.9 Å². The van der Waals surface area contributed by atoms with Crippen LogP contribution in [0.5, 0.6) is 0 Å². The van der Waals surface area contributed by atoms with Gasteiger partial charge in [-0.3, -0.25) is 4.90 Å². The Bertz CT molecular complexity index is 643. The number of aliphatic hydroxyl groups is 3. The average Bonchev–Trinajstić information content (AvgIpc) is 3.22. The zero-order chi connectivity index (χ0) is 19.9. The minimum absolute atomic E-state index is 0.0454. The molecule has 0 aliphatic carbocycles. The molecule has 0 aromatic carbocycles. The maximum absolute atomic E-state index is 10.4. The predicted molar refractivity (Wildman–Crippen MR) is 102 cm³/mol. The number of hydrogen-bond donors (Lipinski definition) is 4. The molecule has 2 aliphatic heterocycles. The van der Waals surface area contributed by atoms with Crippen LogP contribution in [0, 0.1) is 18.8 Å². The minimum atomic E-state index is -1.30. The van der Waals surface area contributed by atoms with Crippen molar-refractivity contribution in [3.8, 4) is 0 Å². The fourth-order valence-electron chi connectivity index (χ4n) is 4.04. The van der Waals surface area contributed by atoms with Crippen molar-refractivity contribution in [2.75, 3.05) is 26.4 Å². The molecule has 0 radical (unpaired) electrons. The fourth-order valence-corrected chi connectivity index (χ4v) is 4.71. The molecule has 0 bridgehead atoms. The molecule has 1 aromatic heterocycles. The molecule has 0 saturated carbocycles. The Labute approximate surface area is 164 Å². The molecular formula is C18H31N3O5S. The number of aromatic nitrogens is 1. The van der Waals surface area contributed by atoms with E-state index in [1.165, 1.54) is 11.8 Å². The van der Waals surface area contributed by atoms with Crippen LogP contribution in [0.1, 0.15) is 42.8 Å². The van der Waals surface area contributed by atoms with Crippen molar-refractivity contribution in [1.82, 2.24) is 9.88 Å². The van der Waals surface area contributed by atoms with Crippen LogP contribution in [-0.2, 0) is 4.74 Å². The van der Waals surface area contributed by atoms with E-state index in [2.05, 4.69) is 16.8 Å². The van der Waals surface area contributed by atoms with Gasteiger partial charge in [0.15, 0.2) is 0 Å². The van der Waals surface area contributed by atoms with E-state index in [0.29, 0.717) is 35.7 Å². The molecule has 27 heavy (non-hydrogen) atoms. The molecule has 2 fully saturated rings. The van der Waals surface area contributed by atoms with E-state index in [9.17, 15) is 15.3 Å². The summed E-state index contributed by atoms with van der Waals surface area (Å²) in [6.45, 7) is 5.53. The fraction of sp³-hybridized carbons (Fsp3) is 0.833. The van der Waals surface area contributed by atoms with Gasteiger partial charge in [0, 0.05) is 6.54 Å². The molecular weight excluding hydrogens is 370 g/mol. The van der Waals surface area contributed by atoms with Crippen molar-refractivity contribution in [2.45, 2.75) is 56.2 Å². The monoisotopic (exact) mass is 401 g/mol. The van der Waals surface area contributed by atoms with Gasteiger partial charge in [-0.05, 0) is 45.0 Å². The van der Waals surface area contributed by atoms with Crippen molar-refractivity contribution in [3.63, 3.8) is 0 Å². The second-order valence-electron chi connectivity index (χ2n) is 7.79. The number of hydrogen-bond acceptors (Lipinski definition) is 9. The number of aliphatic hydroxyl groups excluding tert-OH is 3. The molecule has 1 aromatic rings. The molecule has 3 rings (SSSR count). The lowest BCUT2D eigenvalue weighted by molar-refractivity contribution is -0.201. The number of thioether (sulfide) groups is 1. The summed E-state index contributed by atoms with van der Waals surface area (Å²) in [5.74, 6) is 2.06. The van der Waals surface area contributed by atoms with Crippen LogP contribution < -0.4 is 5.73 Å². The van der Waals surface area contributed by atoms with Crippen LogP contribution in [0.4, 0.5) is 0 Å². The largest absolute Gasteiger partial charge is 0.444 e. The van der Waals surface area contributed by atoms with E-state index < -0.39 is 29.9 Å². The van der Waals surface area contributed by atoms with E-state index in [1.807, 2.05) is 7.05 Å². The van der Waals surface area contributed by atoms with Gasteiger partial charge in [-0.1, -0.05) is 6.92 Å². The van der Waals surface area contributed by atoms with Crippen LogP contribution in [0.25, 0.3) is 0 Å². The quantitative estimate of drug-likeness (QED) is 0.555. The number of nitrogens with zero attached hydrogens (tertiary/aromatic N) is 2. The summed E-state index contributed by atoms with van der Waals surface area (Å²) in [6.07, 6.45) is -1.88. The molecule has 5 N–H and O–H groups in total. The lowest BCUT2D eigenvalue weighted by Gasteiger charge is -2.39. The van der Waals surface area contributed by atoms with Gasteiger partial charge in [0.1, 0.15) is 41.3 Å². The van der Waals surface area contributed by atoms with E-state index in [-0.39, 0.29) is 6.04 Å². The zero-order valence-electron chi connectivity index (χ0n) is 16.3. The highest BCUT2D eigenvalue weighted by molar-refractivity contribution is 7.99. The maximum atomic E-state index is 10.4. The number of rotatable bonds is 5. The highest BCUT2D eigenvalue weighted by Crippen LogP contribution is 2.41. The Morgan fingerprint density at radius 2 is 2.00 bits per heavy atom. The molecule has 0 spiro atoms. The summed E-state index contributed by atoms with van der Waals surface area (Å²) in [7, 11) is 2.04. The Balaban J connectivity index is 1.82. The van der Waals surface area contributed by atoms with Crippen LogP contribution in [0.15, 0.2) is 4.42 Å². The normalized spacial score (nSPS) is 39.0. The molecule has 154 valence electrons. The van der Waals surface area contributed by atoms with Crippen LogP contribution in [0.3, 0.4) is 0 Å². The van der Waals surface area contributed by atoms with Gasteiger partial charge in [0.05, 0.1) is 6.04 Å². The van der Waals surface area contributed by atoms with Crippen molar-refractivity contribution < 1.29 is 24.5 Å². The predicted octanol–water partition coefficient (Wildman–Crippen LogP) is 0.414. The summed E-state index contributed by atoms with van der Waals surface area (Å²) >= 11 is 1.28. The third-order valence-corrected chi connectivity index (χ3v) is 6.82. The van der Waals surface area contributed by atoms with Gasteiger partial charge in [0.25, 0.3) is 0 Å². The standard InChI is InChI=1S/C18H31N3O5S/c1-8(6-19)10-5-11(21(3)7-10)17-20-12(9(2)25-17)16-14(23)13(22)15(24)18(26-16)27-4/h8,10-11,13-16,18,22-24H,5-7,19H2,1-4H3/t8-,10?,11-,13-,14+,15+,16+,18+/m0/s1. The Kier molecular flexibility index (Phi) is 6.52. The summed E-state index contributed by atoms with van der Waals surface area (Å²) in [6, 6.07) is 0.0454. The van der Waals surface area contributed by atoms with E-state index >= 15 is 0 Å². The summed E-state index contributed by atoms with van der Waals surface area (Å²) in [4.78, 5) is 6.85. The molecule has 3 heterocycles. The minimum Gasteiger partial charge on any atom is -0.444 e. The first kappa shape index (κ1) is 21.0. The topological polar surface area (TPSA) is 125 Å². The molecule has 8 nitrogen and oxygen atoms in total. The number of likely N-dealkylation sites (tertiary alicyclic amines) is 1. The van der Waals surface area contributed by atoms with Gasteiger partial charge in [0.2, 0.25) is 5.89 Å². The van der Waals surface area contributed by atoms with Crippen LogP contribution in [-0.4, -0.2) is 75.3 Å². The number of oxazole rings is 1. The molecule has 1 unspecified atom stereocenters. The molecule has 2 saturated heterocycles. The smallest absolute Gasteiger partial charge is 0.212 e. The average molecular weight is 402 g/mol. The van der Waals surface area contributed by atoms with Crippen LogP contribution in [0.2, 0.25) is 0 Å². The third kappa shape index (κ3) is 3.91. The number of aryl methyl sites for hydroxylation is 1. The van der Waals surface area contributed by atoms with E-state index in [1.54, 1.807) is 13.2 Å². The first-order valence-corrected chi connectivity index (χ1v) is 10.7. The van der Waals surface area contributed by atoms with Gasteiger partial charge in [-0.25, -0.2) is 4.98 Å². The molecule has 9 heteroatoms. The highest BCUT2D eigenvalue weighted by atomic mass is 32.2. The highest BCUT2D eigenvalue weighted by Gasteiger charge is 2.46.